The summed E-state index contributed by atoms with van der Waals surface area (Å²) < 4.78 is 0. The number of thiol groups is 1. The van der Waals surface area contributed by atoms with Crippen LogP contribution in [0, 0.1) is 6.92 Å². The van der Waals surface area contributed by atoms with Gasteiger partial charge in [-0.05, 0) is 12.5 Å². The van der Waals surface area contributed by atoms with Crippen LogP contribution < -0.4 is 5.73 Å². The van der Waals surface area contributed by atoms with Crippen molar-refractivity contribution in [3.05, 3.63) is 40.8 Å². The highest BCUT2D eigenvalue weighted by Gasteiger charge is 2.07. The van der Waals surface area contributed by atoms with E-state index in [2.05, 4.69) is 48.0 Å². The largest absolute Gasteiger partial charge is 0.375 e. The first-order valence-electron chi connectivity index (χ1n) is 5.31. The van der Waals surface area contributed by atoms with Crippen molar-refractivity contribution in [2.45, 2.75) is 6.92 Å². The fourth-order valence-electron chi connectivity index (χ4n) is 1.63. The minimum atomic E-state index is 0.622. The van der Waals surface area contributed by atoms with E-state index >= 15 is 0 Å². The summed E-state index contributed by atoms with van der Waals surface area (Å²) in [6.45, 7) is 2.04. The zero-order valence-corrected chi connectivity index (χ0v) is 11.3. The van der Waals surface area contributed by atoms with Crippen molar-refractivity contribution in [2.75, 3.05) is 11.5 Å². The molecule has 0 unspecified atom stereocenters. The summed E-state index contributed by atoms with van der Waals surface area (Å²) in [4.78, 5) is 5.49. The standard InChI is InChI=1S/C13H14N2S2/c1-9-12(15-13(14)17-9)11-6-4-10(5-7-11)3-2-8-16/h2-7,16H,8H2,1H3,(H2,14,15). The summed E-state index contributed by atoms with van der Waals surface area (Å²) in [6.07, 6.45) is 4.07. The van der Waals surface area contributed by atoms with Gasteiger partial charge in [-0.1, -0.05) is 36.4 Å². The van der Waals surface area contributed by atoms with E-state index in [1.54, 1.807) is 0 Å². The van der Waals surface area contributed by atoms with Crippen molar-refractivity contribution in [3.63, 3.8) is 0 Å². The molecule has 2 nitrogen and oxygen atoms in total. The second-order valence-corrected chi connectivity index (χ2v) is 5.26. The molecule has 1 aromatic heterocycles. The topological polar surface area (TPSA) is 38.9 Å². The Labute approximate surface area is 111 Å². The van der Waals surface area contributed by atoms with Gasteiger partial charge in [0, 0.05) is 16.2 Å². The highest BCUT2D eigenvalue weighted by Crippen LogP contribution is 2.28. The molecule has 88 valence electrons. The molecular formula is C13H14N2S2. The Morgan fingerprint density at radius 3 is 2.59 bits per heavy atom. The molecule has 1 aromatic carbocycles. The van der Waals surface area contributed by atoms with Crippen LogP contribution in [0.4, 0.5) is 5.13 Å². The van der Waals surface area contributed by atoms with Gasteiger partial charge < -0.3 is 5.73 Å². The number of benzene rings is 1. The molecule has 2 rings (SSSR count). The lowest BCUT2D eigenvalue weighted by atomic mass is 10.1. The van der Waals surface area contributed by atoms with Gasteiger partial charge in [0.2, 0.25) is 0 Å². The Morgan fingerprint density at radius 1 is 1.35 bits per heavy atom. The normalized spacial score (nSPS) is 11.2. The number of hydrogen-bond acceptors (Lipinski definition) is 4. The Hall–Kier alpha value is -1.26. The van der Waals surface area contributed by atoms with Crippen LogP contribution in [0.5, 0.6) is 0 Å². The summed E-state index contributed by atoms with van der Waals surface area (Å²) in [5.41, 5.74) is 8.96. The summed E-state index contributed by atoms with van der Waals surface area (Å²) >= 11 is 5.66. The molecule has 0 amide bonds. The molecule has 1 heterocycles. The molecule has 0 saturated carbocycles. The molecule has 2 N–H and O–H groups in total. The van der Waals surface area contributed by atoms with Crippen molar-refractivity contribution >= 4 is 35.2 Å². The van der Waals surface area contributed by atoms with Crippen LogP contribution in [0.1, 0.15) is 10.4 Å². The van der Waals surface area contributed by atoms with Crippen molar-refractivity contribution in [1.29, 1.82) is 0 Å². The van der Waals surface area contributed by atoms with Crippen LogP contribution in [0.2, 0.25) is 0 Å². The maximum absolute atomic E-state index is 5.70. The summed E-state index contributed by atoms with van der Waals surface area (Å²) in [7, 11) is 0. The average molecular weight is 262 g/mol. The summed E-state index contributed by atoms with van der Waals surface area (Å²) in [5, 5.41) is 0.622. The molecule has 0 aliphatic carbocycles. The van der Waals surface area contributed by atoms with Gasteiger partial charge in [-0.25, -0.2) is 4.98 Å². The summed E-state index contributed by atoms with van der Waals surface area (Å²) in [6, 6.07) is 8.29. The third-order valence-corrected chi connectivity index (χ3v) is 3.42. The Balaban J connectivity index is 2.29. The third-order valence-electron chi connectivity index (χ3n) is 2.41. The number of anilines is 1. The van der Waals surface area contributed by atoms with E-state index in [-0.39, 0.29) is 0 Å². The van der Waals surface area contributed by atoms with Gasteiger partial charge in [0.25, 0.3) is 0 Å². The predicted octanol–water partition coefficient (Wildman–Crippen LogP) is 3.64. The second-order valence-electron chi connectivity index (χ2n) is 3.66. The van der Waals surface area contributed by atoms with E-state index in [0.717, 1.165) is 21.9 Å². The minimum Gasteiger partial charge on any atom is -0.375 e. The van der Waals surface area contributed by atoms with E-state index in [4.69, 9.17) is 5.73 Å². The summed E-state index contributed by atoms with van der Waals surface area (Å²) in [5.74, 6) is 0.753. The first-order chi connectivity index (χ1) is 8.20. The molecule has 17 heavy (non-hydrogen) atoms. The Bertz CT molecular complexity index is 527. The van der Waals surface area contributed by atoms with Gasteiger partial charge in [-0.2, -0.15) is 12.6 Å². The molecule has 0 saturated heterocycles. The maximum Gasteiger partial charge on any atom is 0.180 e. The van der Waals surface area contributed by atoms with E-state index in [0.29, 0.717) is 5.13 Å². The molecule has 0 bridgehead atoms. The first kappa shape index (κ1) is 12.2. The number of rotatable bonds is 3. The van der Waals surface area contributed by atoms with E-state index in [1.807, 2.05) is 13.0 Å². The number of nitrogens with zero attached hydrogens (tertiary/aromatic N) is 1. The van der Waals surface area contributed by atoms with Gasteiger partial charge in [-0.15, -0.1) is 11.3 Å². The number of aromatic nitrogens is 1. The van der Waals surface area contributed by atoms with E-state index < -0.39 is 0 Å². The van der Waals surface area contributed by atoms with Crippen LogP contribution in [-0.2, 0) is 0 Å². The third kappa shape index (κ3) is 2.90. The van der Waals surface area contributed by atoms with Crippen molar-refractivity contribution in [2.24, 2.45) is 0 Å². The number of aryl methyl sites for hydroxylation is 1. The molecular weight excluding hydrogens is 248 g/mol. The number of hydrogen-bond donors (Lipinski definition) is 2. The predicted molar refractivity (Wildman–Crippen MR) is 79.6 cm³/mol. The molecule has 0 aliphatic rings. The zero-order valence-electron chi connectivity index (χ0n) is 9.55. The number of thiazole rings is 1. The van der Waals surface area contributed by atoms with Crippen LogP contribution in [-0.4, -0.2) is 10.7 Å². The SMILES string of the molecule is Cc1sc(N)nc1-c1ccc(C=CCS)cc1. The lowest BCUT2D eigenvalue weighted by Crippen LogP contribution is -1.84. The maximum atomic E-state index is 5.70. The van der Waals surface area contributed by atoms with Crippen molar-refractivity contribution in [3.8, 4) is 11.3 Å². The highest BCUT2D eigenvalue weighted by molar-refractivity contribution is 7.80. The number of nitrogen functional groups attached to an aromatic ring is 1. The van der Waals surface area contributed by atoms with Crippen LogP contribution in [0.15, 0.2) is 30.3 Å². The molecule has 2 aromatic rings. The van der Waals surface area contributed by atoms with Crippen molar-refractivity contribution < 1.29 is 0 Å². The van der Waals surface area contributed by atoms with E-state index in [9.17, 15) is 0 Å². The minimum absolute atomic E-state index is 0.622. The number of nitrogens with two attached hydrogens (primary N) is 1. The van der Waals surface area contributed by atoms with Gasteiger partial charge in [0.15, 0.2) is 5.13 Å². The van der Waals surface area contributed by atoms with Gasteiger partial charge in [-0.3, -0.25) is 0 Å². The fraction of sp³-hybridized carbons (Fsp3) is 0.154. The smallest absolute Gasteiger partial charge is 0.180 e. The second kappa shape index (κ2) is 5.38. The van der Waals surface area contributed by atoms with Crippen molar-refractivity contribution in [1.82, 2.24) is 4.98 Å². The van der Waals surface area contributed by atoms with E-state index in [1.165, 1.54) is 16.9 Å². The van der Waals surface area contributed by atoms with Gasteiger partial charge >= 0.3 is 0 Å². The van der Waals surface area contributed by atoms with Crippen LogP contribution in [0.25, 0.3) is 17.3 Å². The molecule has 4 heteroatoms. The Morgan fingerprint density at radius 2 is 2.06 bits per heavy atom. The lowest BCUT2D eigenvalue weighted by molar-refractivity contribution is 1.38. The Kier molecular flexibility index (Phi) is 3.86. The molecule has 0 atom stereocenters. The molecule has 0 fully saturated rings. The first-order valence-corrected chi connectivity index (χ1v) is 6.76. The highest BCUT2D eigenvalue weighted by atomic mass is 32.1. The van der Waals surface area contributed by atoms with Gasteiger partial charge in [0.05, 0.1) is 5.69 Å². The monoisotopic (exact) mass is 262 g/mol. The molecule has 0 aliphatic heterocycles. The molecule has 0 spiro atoms. The fourth-order valence-corrected chi connectivity index (χ4v) is 2.44. The van der Waals surface area contributed by atoms with Crippen LogP contribution >= 0.6 is 24.0 Å². The molecule has 0 radical (unpaired) electrons. The lowest BCUT2D eigenvalue weighted by Gasteiger charge is -1.99. The average Bonchev–Trinajstić information content (AvgIpc) is 2.66. The van der Waals surface area contributed by atoms with Gasteiger partial charge in [0.1, 0.15) is 0 Å². The zero-order chi connectivity index (χ0) is 12.3. The quantitative estimate of drug-likeness (QED) is 0.829. The van der Waals surface area contributed by atoms with Crippen LogP contribution in [0.3, 0.4) is 0 Å².